The van der Waals surface area contributed by atoms with E-state index in [0.717, 1.165) is 5.69 Å². The molecule has 1 amide bonds. The molecule has 1 saturated heterocycles. The second-order valence-electron chi connectivity index (χ2n) is 5.62. The highest BCUT2D eigenvalue weighted by Gasteiger charge is 2.27. The van der Waals surface area contributed by atoms with Crippen molar-refractivity contribution in [3.63, 3.8) is 0 Å². The number of halogens is 1. The molecule has 5 nitrogen and oxygen atoms in total. The second kappa shape index (κ2) is 6.10. The Kier molecular flexibility index (Phi) is 4.18. The van der Waals surface area contributed by atoms with E-state index < -0.39 is 0 Å². The van der Waals surface area contributed by atoms with Gasteiger partial charge >= 0.3 is 0 Å². The Hall–Kier alpha value is -1.85. The summed E-state index contributed by atoms with van der Waals surface area (Å²) in [5, 5.41) is 4.90. The molecule has 0 bridgehead atoms. The van der Waals surface area contributed by atoms with Crippen LogP contribution in [0, 0.1) is 0 Å². The van der Waals surface area contributed by atoms with Crippen LogP contribution >= 0.6 is 11.6 Å². The van der Waals surface area contributed by atoms with Gasteiger partial charge in [0.2, 0.25) is 0 Å². The molecule has 2 atom stereocenters. The fourth-order valence-electron chi connectivity index (χ4n) is 2.72. The smallest absolute Gasteiger partial charge is 0.257 e. The number of rotatable bonds is 2. The highest BCUT2D eigenvalue weighted by Crippen LogP contribution is 2.17. The van der Waals surface area contributed by atoms with Gasteiger partial charge < -0.3 is 9.64 Å². The summed E-state index contributed by atoms with van der Waals surface area (Å²) >= 11 is 5.99. The molecule has 1 fully saturated rings. The maximum atomic E-state index is 12.6. The third kappa shape index (κ3) is 3.15. The zero-order valence-corrected chi connectivity index (χ0v) is 13.3. The Bertz CT molecular complexity index is 676. The molecular weight excluding hydrogens is 302 g/mol. The number of hydrogen-bond acceptors (Lipinski definition) is 3. The number of ether oxygens (including phenoxy) is 1. The molecule has 1 aliphatic heterocycles. The number of hydrogen-bond donors (Lipinski definition) is 0. The quantitative estimate of drug-likeness (QED) is 0.855. The summed E-state index contributed by atoms with van der Waals surface area (Å²) in [5.41, 5.74) is 1.40. The largest absolute Gasteiger partial charge is 0.372 e. The monoisotopic (exact) mass is 319 g/mol. The molecule has 2 aromatic rings. The fourth-order valence-corrected chi connectivity index (χ4v) is 2.90. The van der Waals surface area contributed by atoms with Gasteiger partial charge in [0.25, 0.3) is 5.91 Å². The predicted octanol–water partition coefficient (Wildman–Crippen LogP) is 2.78. The van der Waals surface area contributed by atoms with E-state index in [9.17, 15) is 4.79 Å². The van der Waals surface area contributed by atoms with Crippen molar-refractivity contribution in [2.45, 2.75) is 26.1 Å². The number of aromatic nitrogens is 2. The van der Waals surface area contributed by atoms with Crippen LogP contribution in [0.1, 0.15) is 24.2 Å². The third-order valence-corrected chi connectivity index (χ3v) is 3.84. The first-order chi connectivity index (χ1) is 10.5. The number of amides is 1. The number of carbonyl (C=O) groups excluding carboxylic acids is 1. The van der Waals surface area contributed by atoms with Crippen molar-refractivity contribution >= 4 is 17.5 Å². The Labute approximate surface area is 134 Å². The van der Waals surface area contributed by atoms with Gasteiger partial charge in [0.15, 0.2) is 0 Å². The van der Waals surface area contributed by atoms with Crippen LogP contribution in [0.15, 0.2) is 36.7 Å². The lowest BCUT2D eigenvalue weighted by Gasteiger charge is -2.35. The van der Waals surface area contributed by atoms with Gasteiger partial charge in [-0.05, 0) is 32.0 Å². The zero-order valence-electron chi connectivity index (χ0n) is 12.6. The summed E-state index contributed by atoms with van der Waals surface area (Å²) in [7, 11) is 0. The first kappa shape index (κ1) is 15.1. The van der Waals surface area contributed by atoms with Crippen molar-refractivity contribution in [2.24, 2.45) is 0 Å². The van der Waals surface area contributed by atoms with Crippen LogP contribution in [0.4, 0.5) is 0 Å². The average Bonchev–Trinajstić information content (AvgIpc) is 2.95. The minimum atomic E-state index is -0.0183. The van der Waals surface area contributed by atoms with Crippen LogP contribution in [0.3, 0.4) is 0 Å². The highest BCUT2D eigenvalue weighted by molar-refractivity contribution is 6.30. The van der Waals surface area contributed by atoms with Gasteiger partial charge in [-0.2, -0.15) is 5.10 Å². The standard InChI is InChI=1S/C16H18ClN3O2/c1-11-8-19(9-12(2)22-11)16(21)13-7-18-20(10-13)15-5-3-4-14(17)6-15/h3-7,10-12H,8-9H2,1-2H3/t11-,12+. The minimum Gasteiger partial charge on any atom is -0.372 e. The summed E-state index contributed by atoms with van der Waals surface area (Å²) in [6.07, 6.45) is 3.43. The highest BCUT2D eigenvalue weighted by atomic mass is 35.5. The molecule has 22 heavy (non-hydrogen) atoms. The number of morpholine rings is 1. The van der Waals surface area contributed by atoms with Gasteiger partial charge in [0, 0.05) is 24.3 Å². The molecule has 0 saturated carbocycles. The molecule has 6 heteroatoms. The predicted molar refractivity (Wildman–Crippen MR) is 84.5 cm³/mol. The molecule has 1 aromatic heterocycles. The van der Waals surface area contributed by atoms with E-state index >= 15 is 0 Å². The zero-order chi connectivity index (χ0) is 15.7. The minimum absolute atomic E-state index is 0.0183. The van der Waals surface area contributed by atoms with Gasteiger partial charge in [-0.25, -0.2) is 4.68 Å². The summed E-state index contributed by atoms with van der Waals surface area (Å²) in [4.78, 5) is 14.4. The molecule has 0 radical (unpaired) electrons. The van der Waals surface area contributed by atoms with Gasteiger partial charge in [0.05, 0.1) is 29.7 Å². The fraction of sp³-hybridized carbons (Fsp3) is 0.375. The van der Waals surface area contributed by atoms with E-state index in [0.29, 0.717) is 23.7 Å². The molecule has 0 unspecified atom stereocenters. The molecule has 0 aliphatic carbocycles. The van der Waals surface area contributed by atoms with E-state index in [1.54, 1.807) is 23.1 Å². The topological polar surface area (TPSA) is 47.4 Å². The van der Waals surface area contributed by atoms with Crippen LogP contribution < -0.4 is 0 Å². The van der Waals surface area contributed by atoms with Crippen molar-refractivity contribution < 1.29 is 9.53 Å². The van der Waals surface area contributed by atoms with E-state index in [2.05, 4.69) is 5.10 Å². The Balaban J connectivity index is 1.80. The van der Waals surface area contributed by atoms with E-state index in [-0.39, 0.29) is 18.1 Å². The molecule has 1 aliphatic rings. The first-order valence-corrected chi connectivity index (χ1v) is 7.66. The summed E-state index contributed by atoms with van der Waals surface area (Å²) in [5.74, 6) is -0.0183. The van der Waals surface area contributed by atoms with Gasteiger partial charge in [-0.1, -0.05) is 17.7 Å². The first-order valence-electron chi connectivity index (χ1n) is 7.28. The molecular formula is C16H18ClN3O2. The maximum absolute atomic E-state index is 12.6. The second-order valence-corrected chi connectivity index (χ2v) is 6.06. The summed E-state index contributed by atoms with van der Waals surface area (Å²) in [6, 6.07) is 7.36. The van der Waals surface area contributed by atoms with Crippen LogP contribution in [0.2, 0.25) is 5.02 Å². The van der Waals surface area contributed by atoms with Crippen LogP contribution in [-0.2, 0) is 4.74 Å². The molecule has 1 aromatic carbocycles. The van der Waals surface area contributed by atoms with Crippen molar-refractivity contribution in [1.29, 1.82) is 0 Å². The van der Waals surface area contributed by atoms with Gasteiger partial charge in [0.1, 0.15) is 0 Å². The normalized spacial score (nSPS) is 21.9. The molecule has 116 valence electrons. The Morgan fingerprint density at radius 3 is 2.73 bits per heavy atom. The maximum Gasteiger partial charge on any atom is 0.257 e. The molecule has 0 spiro atoms. The van der Waals surface area contributed by atoms with Crippen LogP contribution in [0.5, 0.6) is 0 Å². The van der Waals surface area contributed by atoms with Gasteiger partial charge in [-0.3, -0.25) is 4.79 Å². The van der Waals surface area contributed by atoms with Crippen molar-refractivity contribution in [2.75, 3.05) is 13.1 Å². The Morgan fingerprint density at radius 1 is 1.32 bits per heavy atom. The van der Waals surface area contributed by atoms with Crippen molar-refractivity contribution in [3.8, 4) is 5.69 Å². The summed E-state index contributed by atoms with van der Waals surface area (Å²) in [6.45, 7) is 5.16. The van der Waals surface area contributed by atoms with Crippen molar-refractivity contribution in [3.05, 3.63) is 47.2 Å². The third-order valence-electron chi connectivity index (χ3n) is 3.61. The average molecular weight is 320 g/mol. The molecule has 2 heterocycles. The lowest BCUT2D eigenvalue weighted by Crippen LogP contribution is -2.48. The van der Waals surface area contributed by atoms with E-state index in [1.807, 2.05) is 36.9 Å². The number of nitrogens with zero attached hydrogens (tertiary/aromatic N) is 3. The number of benzene rings is 1. The van der Waals surface area contributed by atoms with Crippen molar-refractivity contribution in [1.82, 2.24) is 14.7 Å². The van der Waals surface area contributed by atoms with E-state index in [1.165, 1.54) is 0 Å². The van der Waals surface area contributed by atoms with Gasteiger partial charge in [-0.15, -0.1) is 0 Å². The molecule has 0 N–H and O–H groups in total. The van der Waals surface area contributed by atoms with Crippen LogP contribution in [-0.4, -0.2) is 45.9 Å². The lowest BCUT2D eigenvalue weighted by atomic mass is 10.2. The summed E-state index contributed by atoms with van der Waals surface area (Å²) < 4.78 is 7.32. The lowest BCUT2D eigenvalue weighted by molar-refractivity contribution is -0.0586. The van der Waals surface area contributed by atoms with Crippen LogP contribution in [0.25, 0.3) is 5.69 Å². The SMILES string of the molecule is C[C@@H]1CN(C(=O)c2cnn(-c3cccc(Cl)c3)c2)C[C@H](C)O1. The molecule has 3 rings (SSSR count). The Morgan fingerprint density at radius 2 is 2.05 bits per heavy atom. The number of carbonyl (C=O) groups is 1. The van der Waals surface area contributed by atoms with E-state index in [4.69, 9.17) is 16.3 Å².